The van der Waals surface area contributed by atoms with Crippen molar-refractivity contribution in [2.75, 3.05) is 7.11 Å². The molecule has 0 saturated heterocycles. The number of ether oxygens (including phenoxy) is 1. The van der Waals surface area contributed by atoms with E-state index in [4.69, 9.17) is 10.6 Å². The minimum atomic E-state index is -0.413. The second-order valence-corrected chi connectivity index (χ2v) is 4.88. The highest BCUT2D eigenvalue weighted by Gasteiger charge is 2.19. The first-order chi connectivity index (χ1) is 9.56. The highest BCUT2D eigenvalue weighted by Crippen LogP contribution is 2.29. The summed E-state index contributed by atoms with van der Waals surface area (Å²) in [5.41, 5.74) is 6.31. The van der Waals surface area contributed by atoms with E-state index in [0.29, 0.717) is 5.56 Å². The number of nitrogens with one attached hydrogen (secondary N) is 1. The molecule has 106 valence electrons. The molecule has 0 heterocycles. The predicted octanol–water partition coefficient (Wildman–Crippen LogP) is 3.00. The van der Waals surface area contributed by atoms with Crippen molar-refractivity contribution in [2.24, 2.45) is 5.84 Å². The van der Waals surface area contributed by atoms with E-state index in [1.807, 2.05) is 26.0 Å². The van der Waals surface area contributed by atoms with Crippen LogP contribution in [0.2, 0.25) is 0 Å². The molecule has 3 nitrogen and oxygen atoms in total. The fraction of sp³-hybridized carbons (Fsp3) is 0.250. The zero-order chi connectivity index (χ0) is 14.7. The van der Waals surface area contributed by atoms with Gasteiger partial charge in [-0.25, -0.2) is 9.82 Å². The van der Waals surface area contributed by atoms with Gasteiger partial charge in [0.25, 0.3) is 0 Å². The van der Waals surface area contributed by atoms with Gasteiger partial charge >= 0.3 is 0 Å². The van der Waals surface area contributed by atoms with Crippen molar-refractivity contribution in [1.82, 2.24) is 5.43 Å². The van der Waals surface area contributed by atoms with Crippen molar-refractivity contribution in [3.8, 4) is 5.75 Å². The highest BCUT2D eigenvalue weighted by atomic mass is 19.1. The molecule has 0 saturated carbocycles. The Morgan fingerprint density at radius 3 is 2.35 bits per heavy atom. The van der Waals surface area contributed by atoms with Gasteiger partial charge in [0.2, 0.25) is 0 Å². The van der Waals surface area contributed by atoms with Crippen LogP contribution < -0.4 is 16.0 Å². The zero-order valence-corrected chi connectivity index (χ0v) is 11.9. The number of methoxy groups -OCH3 is 1. The van der Waals surface area contributed by atoms with Crippen LogP contribution in [0.1, 0.15) is 28.3 Å². The van der Waals surface area contributed by atoms with E-state index in [1.165, 1.54) is 7.11 Å². The first kappa shape index (κ1) is 14.5. The van der Waals surface area contributed by atoms with E-state index in [9.17, 15) is 4.39 Å². The Labute approximate surface area is 118 Å². The minimum absolute atomic E-state index is 0.215. The molecule has 0 amide bonds. The number of halogens is 1. The van der Waals surface area contributed by atoms with Crippen LogP contribution in [0.5, 0.6) is 5.75 Å². The molecule has 0 radical (unpaired) electrons. The average molecular weight is 274 g/mol. The summed E-state index contributed by atoms with van der Waals surface area (Å²) >= 11 is 0. The van der Waals surface area contributed by atoms with Gasteiger partial charge in [0.05, 0.1) is 13.2 Å². The van der Waals surface area contributed by atoms with E-state index in [0.717, 1.165) is 16.7 Å². The fourth-order valence-electron chi connectivity index (χ4n) is 2.45. The molecule has 0 aliphatic carbocycles. The number of hydrazine groups is 1. The molecule has 0 aliphatic heterocycles. The number of aryl methyl sites for hydroxylation is 2. The Bertz CT molecular complexity index is 593. The molecule has 2 rings (SSSR count). The maximum atomic E-state index is 14.4. The van der Waals surface area contributed by atoms with Crippen molar-refractivity contribution in [2.45, 2.75) is 19.9 Å². The Hall–Kier alpha value is -1.91. The van der Waals surface area contributed by atoms with E-state index in [2.05, 4.69) is 11.5 Å². The lowest BCUT2D eigenvalue weighted by Crippen LogP contribution is -2.29. The maximum absolute atomic E-state index is 14.4. The Kier molecular flexibility index (Phi) is 4.37. The van der Waals surface area contributed by atoms with Gasteiger partial charge in [-0.2, -0.15) is 0 Å². The zero-order valence-electron chi connectivity index (χ0n) is 11.9. The molecule has 0 fully saturated rings. The largest absolute Gasteiger partial charge is 0.494 e. The molecule has 20 heavy (non-hydrogen) atoms. The van der Waals surface area contributed by atoms with Gasteiger partial charge in [0.1, 0.15) is 0 Å². The van der Waals surface area contributed by atoms with Gasteiger partial charge in [0, 0.05) is 5.56 Å². The molecule has 2 aromatic rings. The summed E-state index contributed by atoms with van der Waals surface area (Å²) in [4.78, 5) is 0. The summed E-state index contributed by atoms with van der Waals surface area (Å²) in [6.07, 6.45) is 0. The van der Waals surface area contributed by atoms with Crippen LogP contribution in [0.3, 0.4) is 0 Å². The first-order valence-corrected chi connectivity index (χ1v) is 6.43. The third-order valence-electron chi connectivity index (χ3n) is 3.27. The molecule has 3 N–H and O–H groups in total. The number of benzene rings is 2. The highest BCUT2D eigenvalue weighted by molar-refractivity contribution is 5.40. The number of hydrogen-bond acceptors (Lipinski definition) is 3. The summed E-state index contributed by atoms with van der Waals surface area (Å²) in [6, 6.07) is 10.7. The van der Waals surface area contributed by atoms with Crippen molar-refractivity contribution < 1.29 is 9.13 Å². The standard InChI is InChI=1S/C16H19FN2O/c1-10-7-11(2)9-12(8-10)16(19-18)13-5-4-6-14(20-3)15(13)17/h4-9,16,19H,18H2,1-3H3. The van der Waals surface area contributed by atoms with Crippen LogP contribution in [-0.2, 0) is 0 Å². The molecule has 2 aromatic carbocycles. The second-order valence-electron chi connectivity index (χ2n) is 4.88. The van der Waals surface area contributed by atoms with Crippen LogP contribution in [-0.4, -0.2) is 7.11 Å². The fourth-order valence-corrected chi connectivity index (χ4v) is 2.45. The molecule has 1 unspecified atom stereocenters. The molecule has 0 aliphatic rings. The number of nitrogens with two attached hydrogens (primary N) is 1. The van der Waals surface area contributed by atoms with E-state index in [-0.39, 0.29) is 5.75 Å². The normalized spacial score (nSPS) is 12.2. The van der Waals surface area contributed by atoms with Gasteiger partial charge in [-0.1, -0.05) is 41.5 Å². The summed E-state index contributed by atoms with van der Waals surface area (Å²) in [5, 5.41) is 0. The van der Waals surface area contributed by atoms with Crippen LogP contribution in [0.25, 0.3) is 0 Å². The van der Waals surface area contributed by atoms with Crippen molar-refractivity contribution >= 4 is 0 Å². The average Bonchev–Trinajstić information content (AvgIpc) is 2.40. The molecule has 0 aromatic heterocycles. The lowest BCUT2D eigenvalue weighted by molar-refractivity contribution is 0.381. The van der Waals surface area contributed by atoms with E-state index in [1.54, 1.807) is 18.2 Å². The summed E-state index contributed by atoms with van der Waals surface area (Å²) in [5.74, 6) is 5.46. The quantitative estimate of drug-likeness (QED) is 0.665. The van der Waals surface area contributed by atoms with E-state index >= 15 is 0 Å². The van der Waals surface area contributed by atoms with Crippen LogP contribution in [0.15, 0.2) is 36.4 Å². The molecule has 0 bridgehead atoms. The monoisotopic (exact) mass is 274 g/mol. The smallest absolute Gasteiger partial charge is 0.170 e. The molecule has 4 heteroatoms. The van der Waals surface area contributed by atoms with E-state index < -0.39 is 11.9 Å². The molecular weight excluding hydrogens is 255 g/mol. The molecule has 1 atom stereocenters. The van der Waals surface area contributed by atoms with Crippen molar-refractivity contribution in [3.63, 3.8) is 0 Å². The van der Waals surface area contributed by atoms with Gasteiger partial charge in [-0.3, -0.25) is 5.84 Å². The summed E-state index contributed by atoms with van der Waals surface area (Å²) in [6.45, 7) is 4.01. The van der Waals surface area contributed by atoms with Gasteiger partial charge in [-0.15, -0.1) is 0 Å². The number of rotatable bonds is 4. The second kappa shape index (κ2) is 6.03. The third kappa shape index (κ3) is 2.81. The van der Waals surface area contributed by atoms with Gasteiger partial charge in [-0.05, 0) is 25.5 Å². The van der Waals surface area contributed by atoms with Gasteiger partial charge < -0.3 is 4.74 Å². The topological polar surface area (TPSA) is 47.3 Å². The lowest BCUT2D eigenvalue weighted by atomic mass is 9.95. The minimum Gasteiger partial charge on any atom is -0.494 e. The van der Waals surface area contributed by atoms with Crippen LogP contribution >= 0.6 is 0 Å². The molecule has 0 spiro atoms. The third-order valence-corrected chi connectivity index (χ3v) is 3.27. The Balaban J connectivity index is 2.52. The SMILES string of the molecule is COc1cccc(C(NN)c2cc(C)cc(C)c2)c1F. The first-order valence-electron chi connectivity index (χ1n) is 6.43. The molecular formula is C16H19FN2O. The van der Waals surface area contributed by atoms with Crippen molar-refractivity contribution in [1.29, 1.82) is 0 Å². The van der Waals surface area contributed by atoms with Crippen molar-refractivity contribution in [3.05, 3.63) is 64.5 Å². The lowest BCUT2D eigenvalue weighted by Gasteiger charge is -2.19. The van der Waals surface area contributed by atoms with Crippen LogP contribution in [0.4, 0.5) is 4.39 Å². The Morgan fingerprint density at radius 2 is 1.80 bits per heavy atom. The summed E-state index contributed by atoms with van der Waals surface area (Å²) < 4.78 is 19.4. The Morgan fingerprint density at radius 1 is 1.15 bits per heavy atom. The number of hydrogen-bond donors (Lipinski definition) is 2. The summed E-state index contributed by atoms with van der Waals surface area (Å²) in [7, 11) is 1.45. The predicted molar refractivity (Wildman–Crippen MR) is 78.0 cm³/mol. The van der Waals surface area contributed by atoms with Gasteiger partial charge in [0.15, 0.2) is 11.6 Å². The van der Waals surface area contributed by atoms with Crippen LogP contribution in [0, 0.1) is 19.7 Å². The maximum Gasteiger partial charge on any atom is 0.170 e.